The van der Waals surface area contributed by atoms with Gasteiger partial charge in [-0.1, -0.05) is 203 Å². The van der Waals surface area contributed by atoms with Crippen LogP contribution in [0.3, 0.4) is 0 Å². The Balaban J connectivity index is 0.00000752. The molecule has 0 fully saturated rings. The number of hydrogen-bond acceptors (Lipinski definition) is 3. The number of hydrogen-bond donors (Lipinski definition) is 0. The predicted molar refractivity (Wildman–Crippen MR) is 317 cm³/mol. The number of anilines is 2. The monoisotopic (exact) mass is 1180 g/mol. The summed E-state index contributed by atoms with van der Waals surface area (Å²) in [6.07, 6.45) is 1.86. The van der Waals surface area contributed by atoms with E-state index in [1.165, 1.54) is 12.1 Å². The molecule has 6 heteroatoms. The molecule has 0 bridgehead atoms. The fourth-order valence-corrected chi connectivity index (χ4v) is 11.0. The van der Waals surface area contributed by atoms with Crippen LogP contribution in [0.4, 0.5) is 11.4 Å². The van der Waals surface area contributed by atoms with Crippen molar-refractivity contribution < 1.29 is 38.1 Å². The predicted octanol–water partition coefficient (Wildman–Crippen LogP) is 19.1. The van der Waals surface area contributed by atoms with Gasteiger partial charge in [-0.2, -0.15) is 12.1 Å². The minimum Gasteiger partial charge on any atom is -0.509 e. The van der Waals surface area contributed by atoms with Crippen molar-refractivity contribution >= 4 is 76.5 Å². The average molecular weight is 1180 g/mol. The van der Waals surface area contributed by atoms with E-state index in [4.69, 9.17) is 22.1 Å². The third-order valence-electron chi connectivity index (χ3n) is 14.8. The molecule has 1 aliphatic rings. The summed E-state index contributed by atoms with van der Waals surface area (Å²) >= 11 is 0. The fourth-order valence-electron chi connectivity index (χ4n) is 11.0. The molecule has 4 heterocycles. The van der Waals surface area contributed by atoms with Crippen LogP contribution in [0.5, 0.6) is 11.5 Å². The van der Waals surface area contributed by atoms with Gasteiger partial charge in [-0.25, -0.2) is 4.98 Å². The minimum atomic E-state index is -3.49. The van der Waals surface area contributed by atoms with E-state index >= 15 is 0 Å². The zero-order chi connectivity index (χ0) is 59.8. The van der Waals surface area contributed by atoms with Gasteiger partial charge in [0.05, 0.1) is 0 Å². The first-order chi connectivity index (χ1) is 39.5. The third-order valence-corrected chi connectivity index (χ3v) is 14.8. The molecule has 1 aliphatic heterocycles. The number of ether oxygens (including phenoxy) is 1. The summed E-state index contributed by atoms with van der Waals surface area (Å²) in [4.78, 5) is 6.96. The van der Waals surface area contributed by atoms with Gasteiger partial charge in [-0.3, -0.25) is 0 Å². The van der Waals surface area contributed by atoms with Crippen LogP contribution in [-0.2, 0) is 42.7 Å². The van der Waals surface area contributed by atoms with Crippen molar-refractivity contribution in [1.82, 2.24) is 14.1 Å². The maximum Gasteiger partial charge on any atom is 0.135 e. The van der Waals surface area contributed by atoms with Gasteiger partial charge in [0.2, 0.25) is 0 Å². The molecule has 0 atom stereocenters. The van der Waals surface area contributed by atoms with Crippen LogP contribution in [0.2, 0.25) is 0 Å². The molecule has 11 aromatic rings. The van der Waals surface area contributed by atoms with Gasteiger partial charge in [0.15, 0.2) is 0 Å². The van der Waals surface area contributed by atoms with Crippen LogP contribution >= 0.6 is 0 Å². The van der Waals surface area contributed by atoms with E-state index in [0.29, 0.717) is 39.4 Å². The van der Waals surface area contributed by atoms with Crippen LogP contribution in [0, 0.1) is 18.8 Å². The Morgan fingerprint density at radius 1 is 0.513 bits per heavy atom. The average Bonchev–Trinajstić information content (AvgIpc) is 1.38. The molecule has 0 radical (unpaired) electrons. The van der Waals surface area contributed by atoms with Crippen LogP contribution in [0.15, 0.2) is 170 Å². The standard InChI is InChI=1S/C70H65N4O.Pt/c1-67(2,3)45-35-36-71-63(40-45)74-60-31-16-15-25-54(60)55-34-33-50(42-62(55)74)75-49-22-17-21-48(41-49)72-43-73-65-51(44-37-46(68(4,5)6)39-47(38-44)69(7,8)9)26-18-29-58(65)64-56(27-19-30-59(64)70(10,11)12)52-23-13-14-24-53(52)57-28-20-32-61(72)66(57)73;/h13-40,43H,1-12H3;/q-3;/i4D3,5D3,6D3;. The quantitative estimate of drug-likeness (QED) is 0.161. The first-order valence-electron chi connectivity index (χ1n) is 30.2. The minimum absolute atomic E-state index is 0. The third kappa shape index (κ3) is 8.71. The molecule has 0 spiro atoms. The molecule has 3 aromatic heterocycles. The smallest absolute Gasteiger partial charge is 0.135 e. The largest absolute Gasteiger partial charge is 0.509 e. The van der Waals surface area contributed by atoms with Gasteiger partial charge in [0, 0.05) is 62.3 Å². The molecule has 0 amide bonds. The molecular weight excluding hydrogens is 1110 g/mol. The normalized spacial score (nSPS) is 15.2. The maximum atomic E-state index is 8.87. The second-order valence-corrected chi connectivity index (χ2v) is 23.1. The number of fused-ring (bicyclic) bond motifs is 10. The number of pyridine rings is 1. The Morgan fingerprint density at radius 3 is 1.88 bits per heavy atom. The van der Waals surface area contributed by atoms with Crippen LogP contribution in [0.25, 0.3) is 82.1 Å². The van der Waals surface area contributed by atoms with Gasteiger partial charge >= 0.3 is 0 Å². The summed E-state index contributed by atoms with van der Waals surface area (Å²) in [5.41, 5.74) is 4.04. The van der Waals surface area contributed by atoms with E-state index in [1.807, 2.05) is 88.2 Å². The fraction of sp³-hybridized carbons (Fsp3) is 0.229. The Labute approximate surface area is 475 Å². The first kappa shape index (κ1) is 40.9. The van der Waals surface area contributed by atoms with Crippen molar-refractivity contribution in [3.63, 3.8) is 0 Å². The molecule has 76 heavy (non-hydrogen) atoms. The van der Waals surface area contributed by atoms with Crippen LogP contribution in [-0.4, -0.2) is 14.1 Å². The van der Waals surface area contributed by atoms with Gasteiger partial charge in [-0.05, 0) is 135 Å². The molecule has 0 saturated carbocycles. The molecule has 8 aromatic carbocycles. The Bertz CT molecular complexity index is 4510. The van der Waals surface area contributed by atoms with Crippen molar-refractivity contribution in [2.24, 2.45) is 0 Å². The number of benzene rings is 8. The van der Waals surface area contributed by atoms with Crippen LogP contribution in [0.1, 0.15) is 117 Å². The molecule has 0 unspecified atom stereocenters. The molecule has 384 valence electrons. The van der Waals surface area contributed by atoms with Gasteiger partial charge in [0.25, 0.3) is 0 Å². The summed E-state index contributed by atoms with van der Waals surface area (Å²) in [7, 11) is 0. The van der Waals surface area contributed by atoms with Crippen molar-refractivity contribution in [1.29, 1.82) is 0 Å². The Morgan fingerprint density at radius 2 is 1.14 bits per heavy atom. The maximum absolute atomic E-state index is 8.87. The first-order valence-corrected chi connectivity index (χ1v) is 25.7. The summed E-state index contributed by atoms with van der Waals surface area (Å²) in [6.45, 7) is 10.6. The number of aromatic nitrogens is 3. The second kappa shape index (κ2) is 18.5. The molecule has 0 N–H and O–H groups in total. The molecule has 12 rings (SSSR count). The Kier molecular flexibility index (Phi) is 9.93. The summed E-state index contributed by atoms with van der Waals surface area (Å²) in [5.74, 6) is 1.72. The number of para-hydroxylation sites is 3. The molecular formula is C70H65N4OPt-3. The topological polar surface area (TPSA) is 35.2 Å². The number of nitrogens with zero attached hydrogens (tertiary/aromatic N) is 4. The van der Waals surface area contributed by atoms with Crippen molar-refractivity contribution in [3.8, 4) is 28.4 Å². The van der Waals surface area contributed by atoms with E-state index in [-0.39, 0.29) is 37.5 Å². The molecule has 5 nitrogen and oxygen atoms in total. The van der Waals surface area contributed by atoms with E-state index in [0.717, 1.165) is 82.3 Å². The van der Waals surface area contributed by atoms with Crippen molar-refractivity contribution in [2.45, 2.75) is 105 Å². The van der Waals surface area contributed by atoms with Gasteiger partial charge in [0.1, 0.15) is 5.82 Å². The van der Waals surface area contributed by atoms with Crippen molar-refractivity contribution in [2.75, 3.05) is 4.90 Å². The van der Waals surface area contributed by atoms with E-state index in [2.05, 4.69) is 165 Å². The second-order valence-electron chi connectivity index (χ2n) is 23.1. The Hall–Kier alpha value is -7.33. The summed E-state index contributed by atoms with van der Waals surface area (Å²) < 4.78 is 90.9. The zero-order valence-electron chi connectivity index (χ0n) is 53.3. The zero-order valence-corrected chi connectivity index (χ0v) is 46.5. The van der Waals surface area contributed by atoms with Gasteiger partial charge < -0.3 is 18.8 Å². The number of rotatable bonds is 5. The van der Waals surface area contributed by atoms with Crippen molar-refractivity contribution in [3.05, 3.63) is 211 Å². The van der Waals surface area contributed by atoms with Gasteiger partial charge in [-0.15, -0.1) is 35.7 Å². The van der Waals surface area contributed by atoms with E-state index < -0.39 is 31.4 Å². The van der Waals surface area contributed by atoms with Crippen LogP contribution < -0.4 is 9.64 Å². The summed E-state index contributed by atoms with van der Waals surface area (Å²) in [5, 5.41) is 7.87. The molecule has 0 aliphatic carbocycles. The van der Waals surface area contributed by atoms with E-state index in [1.54, 1.807) is 0 Å². The van der Waals surface area contributed by atoms with E-state index in [9.17, 15) is 0 Å². The summed E-state index contributed by atoms with van der Waals surface area (Å²) in [6, 6.07) is 61.6. The molecule has 0 saturated heterocycles. The SMILES string of the molecule is [2H]C([2H])([2H])C(c1cc(-c2cccc3c4c(C(C)(C)C)cccc4c4ccccc4c4cccc5c4n(c23)[CH-]N5c2[c-]c(Oc3[c-]c4c(cc3)c3ccccc3n4-c3cc(C(C)(C)C)ccn3)ccc2)cc(C(C)(C)C)c1)(C([2H])([2H])[2H])C([2H])([2H])[2H].[Pt].